The molecule has 1 aliphatic heterocycles. The summed E-state index contributed by atoms with van der Waals surface area (Å²) in [4.78, 5) is 10.9. The van der Waals surface area contributed by atoms with E-state index in [0.29, 0.717) is 12.4 Å². The highest BCUT2D eigenvalue weighted by atomic mass is 16.6. The minimum Gasteiger partial charge on any atom is -0.491 e. The standard InChI is InChI=1S/C12H12O4/c1-2-12(13)16-10-5-3-9(4-6-10)14-7-11-8-15-11/h2-6,11H,1,7-8H2. The molecule has 0 amide bonds. The molecule has 0 bridgehead atoms. The van der Waals surface area contributed by atoms with Gasteiger partial charge in [0.05, 0.1) is 6.61 Å². The summed E-state index contributed by atoms with van der Waals surface area (Å²) in [6.07, 6.45) is 1.35. The van der Waals surface area contributed by atoms with Gasteiger partial charge in [0.1, 0.15) is 24.2 Å². The quantitative estimate of drug-likeness (QED) is 0.327. The fourth-order valence-electron chi connectivity index (χ4n) is 1.12. The maximum Gasteiger partial charge on any atom is 0.335 e. The van der Waals surface area contributed by atoms with E-state index >= 15 is 0 Å². The van der Waals surface area contributed by atoms with Crippen LogP contribution in [0, 0.1) is 0 Å². The van der Waals surface area contributed by atoms with E-state index in [-0.39, 0.29) is 6.10 Å². The van der Waals surface area contributed by atoms with Gasteiger partial charge in [-0.3, -0.25) is 0 Å². The van der Waals surface area contributed by atoms with Gasteiger partial charge in [0.2, 0.25) is 0 Å². The van der Waals surface area contributed by atoms with E-state index in [2.05, 4.69) is 6.58 Å². The summed E-state index contributed by atoms with van der Waals surface area (Å²) < 4.78 is 15.4. The average molecular weight is 220 g/mol. The Labute approximate surface area is 93.4 Å². The van der Waals surface area contributed by atoms with E-state index in [1.807, 2.05) is 0 Å². The molecule has 0 aromatic heterocycles. The molecule has 1 unspecified atom stereocenters. The number of benzene rings is 1. The highest BCUT2D eigenvalue weighted by Crippen LogP contribution is 2.19. The molecule has 1 aliphatic rings. The number of hydrogen-bond acceptors (Lipinski definition) is 4. The third-order valence-corrected chi connectivity index (χ3v) is 2.05. The number of esters is 1. The lowest BCUT2D eigenvalue weighted by molar-refractivity contribution is -0.128. The Bertz CT molecular complexity index is 379. The van der Waals surface area contributed by atoms with Crippen molar-refractivity contribution < 1.29 is 19.0 Å². The SMILES string of the molecule is C=CC(=O)Oc1ccc(OCC2CO2)cc1. The first-order chi connectivity index (χ1) is 7.78. The Morgan fingerprint density at radius 3 is 2.62 bits per heavy atom. The Balaban J connectivity index is 1.87. The van der Waals surface area contributed by atoms with Crippen molar-refractivity contribution >= 4 is 5.97 Å². The van der Waals surface area contributed by atoms with E-state index < -0.39 is 5.97 Å². The topological polar surface area (TPSA) is 48.1 Å². The normalized spacial score (nSPS) is 17.6. The van der Waals surface area contributed by atoms with Crippen LogP contribution < -0.4 is 9.47 Å². The summed E-state index contributed by atoms with van der Waals surface area (Å²) in [5, 5.41) is 0. The lowest BCUT2D eigenvalue weighted by Gasteiger charge is -2.05. The van der Waals surface area contributed by atoms with Gasteiger partial charge in [-0.25, -0.2) is 4.79 Å². The van der Waals surface area contributed by atoms with E-state index in [0.717, 1.165) is 18.4 Å². The maximum absolute atomic E-state index is 10.9. The molecule has 4 heteroatoms. The zero-order valence-electron chi connectivity index (χ0n) is 8.72. The van der Waals surface area contributed by atoms with Crippen LogP contribution >= 0.6 is 0 Å². The average Bonchev–Trinajstić information content (AvgIpc) is 3.12. The van der Waals surface area contributed by atoms with E-state index in [1.54, 1.807) is 24.3 Å². The molecule has 0 radical (unpaired) electrons. The van der Waals surface area contributed by atoms with Gasteiger partial charge in [0, 0.05) is 6.08 Å². The van der Waals surface area contributed by atoms with Crippen molar-refractivity contribution in [1.82, 2.24) is 0 Å². The summed E-state index contributed by atoms with van der Waals surface area (Å²) in [6.45, 7) is 4.65. The summed E-state index contributed by atoms with van der Waals surface area (Å²) in [6, 6.07) is 6.83. The van der Waals surface area contributed by atoms with Crippen molar-refractivity contribution in [3.8, 4) is 11.5 Å². The largest absolute Gasteiger partial charge is 0.491 e. The number of carbonyl (C=O) groups excluding carboxylic acids is 1. The smallest absolute Gasteiger partial charge is 0.335 e. The first-order valence-corrected chi connectivity index (χ1v) is 4.96. The molecule has 1 saturated heterocycles. The van der Waals surface area contributed by atoms with E-state index in [1.165, 1.54) is 0 Å². The summed E-state index contributed by atoms with van der Waals surface area (Å²) in [5.74, 6) is 0.730. The number of ether oxygens (including phenoxy) is 3. The second-order valence-electron chi connectivity index (χ2n) is 3.36. The van der Waals surface area contributed by atoms with Crippen LogP contribution in [0.25, 0.3) is 0 Å². The Kier molecular flexibility index (Phi) is 3.22. The van der Waals surface area contributed by atoms with E-state index in [4.69, 9.17) is 14.2 Å². The number of rotatable bonds is 5. The fourth-order valence-corrected chi connectivity index (χ4v) is 1.12. The molecule has 2 rings (SSSR count). The Morgan fingerprint density at radius 1 is 1.44 bits per heavy atom. The van der Waals surface area contributed by atoms with Crippen LogP contribution in [0.5, 0.6) is 11.5 Å². The van der Waals surface area contributed by atoms with Gasteiger partial charge in [-0.05, 0) is 24.3 Å². The van der Waals surface area contributed by atoms with Crippen molar-refractivity contribution in [3.05, 3.63) is 36.9 Å². The van der Waals surface area contributed by atoms with Gasteiger partial charge in [0.15, 0.2) is 0 Å². The first kappa shape index (κ1) is 10.7. The summed E-state index contributed by atoms with van der Waals surface area (Å²) in [5.41, 5.74) is 0. The zero-order chi connectivity index (χ0) is 11.4. The third kappa shape index (κ3) is 3.10. The Hall–Kier alpha value is -1.81. The molecule has 1 aromatic carbocycles. The lowest BCUT2D eigenvalue weighted by atomic mass is 10.3. The molecule has 16 heavy (non-hydrogen) atoms. The third-order valence-electron chi connectivity index (χ3n) is 2.05. The Morgan fingerprint density at radius 2 is 2.06 bits per heavy atom. The highest BCUT2D eigenvalue weighted by Gasteiger charge is 2.22. The molecule has 0 aliphatic carbocycles. The highest BCUT2D eigenvalue weighted by molar-refractivity contribution is 5.83. The molecule has 0 spiro atoms. The molecule has 4 nitrogen and oxygen atoms in total. The van der Waals surface area contributed by atoms with Crippen LogP contribution in [-0.2, 0) is 9.53 Å². The minimum atomic E-state index is -0.472. The van der Waals surface area contributed by atoms with Gasteiger partial charge in [-0.1, -0.05) is 6.58 Å². The minimum absolute atomic E-state index is 0.235. The molecular weight excluding hydrogens is 208 g/mol. The van der Waals surface area contributed by atoms with Gasteiger partial charge >= 0.3 is 5.97 Å². The van der Waals surface area contributed by atoms with Gasteiger partial charge in [0.25, 0.3) is 0 Å². The summed E-state index contributed by atoms with van der Waals surface area (Å²) >= 11 is 0. The van der Waals surface area contributed by atoms with Crippen LogP contribution in [0.15, 0.2) is 36.9 Å². The zero-order valence-corrected chi connectivity index (χ0v) is 8.72. The molecular formula is C12H12O4. The monoisotopic (exact) mass is 220 g/mol. The van der Waals surface area contributed by atoms with Crippen LogP contribution in [0.3, 0.4) is 0 Å². The van der Waals surface area contributed by atoms with Crippen LogP contribution in [-0.4, -0.2) is 25.3 Å². The number of epoxide rings is 1. The van der Waals surface area contributed by atoms with Crippen LogP contribution in [0.4, 0.5) is 0 Å². The molecule has 1 fully saturated rings. The van der Waals surface area contributed by atoms with Crippen molar-refractivity contribution in [2.24, 2.45) is 0 Å². The van der Waals surface area contributed by atoms with Crippen LogP contribution in [0.2, 0.25) is 0 Å². The second-order valence-corrected chi connectivity index (χ2v) is 3.36. The van der Waals surface area contributed by atoms with Crippen molar-refractivity contribution in [2.45, 2.75) is 6.10 Å². The van der Waals surface area contributed by atoms with Crippen LogP contribution in [0.1, 0.15) is 0 Å². The maximum atomic E-state index is 10.9. The van der Waals surface area contributed by atoms with Gasteiger partial charge < -0.3 is 14.2 Å². The fraction of sp³-hybridized carbons (Fsp3) is 0.250. The molecule has 1 heterocycles. The van der Waals surface area contributed by atoms with Crippen molar-refractivity contribution in [2.75, 3.05) is 13.2 Å². The number of carbonyl (C=O) groups is 1. The lowest BCUT2D eigenvalue weighted by Crippen LogP contribution is -2.05. The predicted molar refractivity (Wildman–Crippen MR) is 57.5 cm³/mol. The van der Waals surface area contributed by atoms with Gasteiger partial charge in [-0.2, -0.15) is 0 Å². The van der Waals surface area contributed by atoms with Crippen molar-refractivity contribution in [3.63, 3.8) is 0 Å². The molecule has 0 N–H and O–H groups in total. The second kappa shape index (κ2) is 4.81. The first-order valence-electron chi connectivity index (χ1n) is 4.96. The number of hydrogen-bond donors (Lipinski definition) is 0. The predicted octanol–water partition coefficient (Wildman–Crippen LogP) is 1.56. The van der Waals surface area contributed by atoms with E-state index in [9.17, 15) is 4.79 Å². The van der Waals surface area contributed by atoms with Gasteiger partial charge in [-0.15, -0.1) is 0 Å². The molecule has 1 aromatic rings. The molecule has 1 atom stereocenters. The molecule has 0 saturated carbocycles. The van der Waals surface area contributed by atoms with Crippen molar-refractivity contribution in [1.29, 1.82) is 0 Å². The molecule has 84 valence electrons. The summed E-state index contributed by atoms with van der Waals surface area (Å²) in [7, 11) is 0.